The number of amides is 2. The van der Waals surface area contributed by atoms with Gasteiger partial charge in [-0.05, 0) is 76.0 Å². The summed E-state index contributed by atoms with van der Waals surface area (Å²) in [4.78, 5) is 28.6. The first-order chi connectivity index (χ1) is 16.8. The lowest BCUT2D eigenvalue weighted by molar-refractivity contribution is -0.142. The first-order valence-corrected chi connectivity index (χ1v) is 13.4. The molecule has 0 aliphatic heterocycles. The Morgan fingerprint density at radius 3 is 2.23 bits per heavy atom. The Labute approximate surface area is 229 Å². The van der Waals surface area contributed by atoms with Crippen LogP contribution < -0.4 is 10.1 Å². The van der Waals surface area contributed by atoms with Crippen LogP contribution in [0, 0.1) is 9.49 Å². The van der Waals surface area contributed by atoms with Crippen molar-refractivity contribution in [2.45, 2.75) is 32.9 Å². The molecule has 3 aromatic rings. The van der Waals surface area contributed by atoms with E-state index < -0.39 is 6.04 Å². The zero-order valence-electron chi connectivity index (χ0n) is 19.9. The minimum absolute atomic E-state index is 0.153. The molecule has 1 atom stereocenters. The lowest BCUT2D eigenvalue weighted by Gasteiger charge is -2.31. The summed E-state index contributed by atoms with van der Waals surface area (Å²) in [5, 5.41) is 3.03. The van der Waals surface area contributed by atoms with Gasteiger partial charge in [0.05, 0.1) is 0 Å². The predicted molar refractivity (Wildman–Crippen MR) is 151 cm³/mol. The molecule has 1 unspecified atom stereocenters. The highest BCUT2D eigenvalue weighted by Gasteiger charge is 2.30. The smallest absolute Gasteiger partial charge is 0.261 e. The Hall–Kier alpha value is -2.39. The SMILES string of the molecule is CC(C)CNC(=O)C(Cc1ccccc1)N(Cc1ccc(Br)cc1)C(=O)COc1ccc(I)cc1. The molecule has 35 heavy (non-hydrogen) atoms. The second-order valence-electron chi connectivity index (χ2n) is 8.74. The van der Waals surface area contributed by atoms with Crippen LogP contribution in [0.25, 0.3) is 0 Å². The number of nitrogens with one attached hydrogen (secondary N) is 1. The number of ether oxygens (including phenoxy) is 1. The van der Waals surface area contributed by atoms with Crippen LogP contribution in [0.4, 0.5) is 0 Å². The summed E-state index contributed by atoms with van der Waals surface area (Å²) >= 11 is 5.69. The molecule has 0 heterocycles. The van der Waals surface area contributed by atoms with Gasteiger partial charge < -0.3 is 15.0 Å². The van der Waals surface area contributed by atoms with Crippen LogP contribution in [-0.4, -0.2) is 35.9 Å². The van der Waals surface area contributed by atoms with Crippen LogP contribution >= 0.6 is 38.5 Å². The molecule has 0 aromatic heterocycles. The van der Waals surface area contributed by atoms with Gasteiger partial charge in [-0.15, -0.1) is 0 Å². The number of hydrogen-bond donors (Lipinski definition) is 1. The lowest BCUT2D eigenvalue weighted by atomic mass is 10.0. The van der Waals surface area contributed by atoms with Gasteiger partial charge in [-0.1, -0.05) is 72.2 Å². The van der Waals surface area contributed by atoms with E-state index in [0.717, 1.165) is 19.2 Å². The minimum Gasteiger partial charge on any atom is -0.484 e. The fourth-order valence-corrected chi connectivity index (χ4v) is 4.15. The van der Waals surface area contributed by atoms with Crippen molar-refractivity contribution < 1.29 is 14.3 Å². The third kappa shape index (κ3) is 8.96. The molecule has 0 spiro atoms. The number of nitrogens with zero attached hydrogens (tertiary/aromatic N) is 1. The van der Waals surface area contributed by atoms with Gasteiger partial charge in [0.25, 0.3) is 5.91 Å². The highest BCUT2D eigenvalue weighted by molar-refractivity contribution is 14.1. The topological polar surface area (TPSA) is 58.6 Å². The normalized spacial score (nSPS) is 11.7. The third-order valence-corrected chi connectivity index (χ3v) is 6.65. The van der Waals surface area contributed by atoms with E-state index in [9.17, 15) is 9.59 Å². The largest absolute Gasteiger partial charge is 0.484 e. The van der Waals surface area contributed by atoms with Gasteiger partial charge in [-0.25, -0.2) is 0 Å². The molecular weight excluding hydrogens is 619 g/mol. The fourth-order valence-electron chi connectivity index (χ4n) is 3.52. The Bertz CT molecular complexity index is 1090. The maximum Gasteiger partial charge on any atom is 0.261 e. The lowest BCUT2D eigenvalue weighted by Crippen LogP contribution is -2.52. The van der Waals surface area contributed by atoms with Crippen molar-refractivity contribution in [3.05, 3.63) is 98.0 Å². The molecule has 0 aliphatic carbocycles. The molecule has 3 aromatic carbocycles. The van der Waals surface area contributed by atoms with Crippen molar-refractivity contribution in [1.82, 2.24) is 10.2 Å². The summed E-state index contributed by atoms with van der Waals surface area (Å²) in [6.07, 6.45) is 0.413. The molecule has 0 saturated carbocycles. The second kappa shape index (κ2) is 13.6. The van der Waals surface area contributed by atoms with Crippen molar-refractivity contribution in [3.8, 4) is 5.75 Å². The van der Waals surface area contributed by atoms with E-state index in [-0.39, 0.29) is 18.4 Å². The van der Waals surface area contributed by atoms with Crippen molar-refractivity contribution in [3.63, 3.8) is 0 Å². The van der Waals surface area contributed by atoms with E-state index >= 15 is 0 Å². The average Bonchev–Trinajstić information content (AvgIpc) is 2.86. The minimum atomic E-state index is -0.674. The van der Waals surface area contributed by atoms with Gasteiger partial charge >= 0.3 is 0 Å². The molecule has 0 bridgehead atoms. The fraction of sp³-hybridized carbons (Fsp3) is 0.286. The maximum atomic E-state index is 13.5. The molecule has 0 radical (unpaired) electrons. The Kier molecular flexibility index (Phi) is 10.6. The second-order valence-corrected chi connectivity index (χ2v) is 10.9. The molecule has 2 amide bonds. The van der Waals surface area contributed by atoms with Gasteiger partial charge in [0.2, 0.25) is 5.91 Å². The average molecular weight is 649 g/mol. The Balaban J connectivity index is 1.88. The van der Waals surface area contributed by atoms with Crippen LogP contribution in [-0.2, 0) is 22.6 Å². The van der Waals surface area contributed by atoms with Crippen LogP contribution in [0.15, 0.2) is 83.3 Å². The Morgan fingerprint density at radius 2 is 1.60 bits per heavy atom. The first kappa shape index (κ1) is 27.2. The van der Waals surface area contributed by atoms with Gasteiger partial charge in [-0.2, -0.15) is 0 Å². The highest BCUT2D eigenvalue weighted by Crippen LogP contribution is 2.18. The summed E-state index contributed by atoms with van der Waals surface area (Å²) in [5.74, 6) is 0.511. The van der Waals surface area contributed by atoms with E-state index in [2.05, 4.69) is 43.8 Å². The number of benzene rings is 3. The Morgan fingerprint density at radius 1 is 0.943 bits per heavy atom. The maximum absolute atomic E-state index is 13.5. The summed E-state index contributed by atoms with van der Waals surface area (Å²) in [6, 6.07) is 24.4. The van der Waals surface area contributed by atoms with Crippen LogP contribution in [0.5, 0.6) is 5.75 Å². The first-order valence-electron chi connectivity index (χ1n) is 11.6. The molecule has 1 N–H and O–H groups in total. The van der Waals surface area contributed by atoms with E-state index in [4.69, 9.17) is 4.74 Å². The van der Waals surface area contributed by atoms with Crippen molar-refractivity contribution in [1.29, 1.82) is 0 Å². The zero-order valence-corrected chi connectivity index (χ0v) is 23.7. The molecule has 0 fully saturated rings. The number of rotatable bonds is 11. The summed E-state index contributed by atoms with van der Waals surface area (Å²) in [7, 11) is 0. The summed E-state index contributed by atoms with van der Waals surface area (Å²) in [6.45, 7) is 4.79. The number of hydrogen-bond acceptors (Lipinski definition) is 3. The number of halogens is 2. The van der Waals surface area contributed by atoms with Crippen molar-refractivity contribution in [2.75, 3.05) is 13.2 Å². The molecule has 7 heteroatoms. The number of carbonyl (C=O) groups is 2. The van der Waals surface area contributed by atoms with E-state index in [1.165, 1.54) is 0 Å². The standard InChI is InChI=1S/C28H30BrIN2O3/c1-20(2)17-31-28(34)26(16-21-6-4-3-5-7-21)32(18-22-8-10-23(29)11-9-22)27(33)19-35-25-14-12-24(30)13-15-25/h3-15,20,26H,16-19H2,1-2H3,(H,31,34). The monoisotopic (exact) mass is 648 g/mol. The molecule has 3 rings (SSSR count). The van der Waals surface area contributed by atoms with Gasteiger partial charge in [0, 0.05) is 27.6 Å². The molecule has 184 valence electrons. The summed E-state index contributed by atoms with van der Waals surface area (Å²) in [5.41, 5.74) is 1.93. The van der Waals surface area contributed by atoms with Gasteiger partial charge in [-0.3, -0.25) is 9.59 Å². The third-order valence-electron chi connectivity index (χ3n) is 5.40. The van der Waals surface area contributed by atoms with E-state index in [0.29, 0.717) is 31.2 Å². The molecule has 0 aliphatic rings. The van der Waals surface area contributed by atoms with Crippen molar-refractivity contribution >= 4 is 50.3 Å². The van der Waals surface area contributed by atoms with E-state index in [1.54, 1.807) is 4.90 Å². The van der Waals surface area contributed by atoms with Crippen LogP contribution in [0.1, 0.15) is 25.0 Å². The predicted octanol–water partition coefficient (Wildman–Crippen LogP) is 5.84. The van der Waals surface area contributed by atoms with E-state index in [1.807, 2.05) is 92.7 Å². The number of carbonyl (C=O) groups excluding carboxylic acids is 2. The van der Waals surface area contributed by atoms with Gasteiger partial charge in [0.1, 0.15) is 11.8 Å². The van der Waals surface area contributed by atoms with Gasteiger partial charge in [0.15, 0.2) is 6.61 Å². The molecule has 5 nitrogen and oxygen atoms in total. The van der Waals surface area contributed by atoms with Crippen LogP contribution in [0.2, 0.25) is 0 Å². The quantitative estimate of drug-likeness (QED) is 0.266. The molecule has 0 saturated heterocycles. The molecular formula is C28H30BrIN2O3. The van der Waals surface area contributed by atoms with Crippen LogP contribution in [0.3, 0.4) is 0 Å². The highest BCUT2D eigenvalue weighted by atomic mass is 127. The summed E-state index contributed by atoms with van der Waals surface area (Å²) < 4.78 is 7.85. The zero-order chi connectivity index (χ0) is 25.2. The van der Waals surface area contributed by atoms with Crippen molar-refractivity contribution in [2.24, 2.45) is 5.92 Å².